The average molecular weight is 404 g/mol. The van der Waals surface area contributed by atoms with Crippen molar-refractivity contribution < 1.29 is 29.6 Å². The van der Waals surface area contributed by atoms with Crippen molar-refractivity contribution in [2.75, 3.05) is 13.6 Å². The molecule has 3 aromatic rings. The lowest BCUT2D eigenvalue weighted by atomic mass is 10.2. The molecule has 0 bridgehead atoms. The first-order valence-corrected chi connectivity index (χ1v) is 7.80. The number of hydrogen-bond donors (Lipinski definition) is 1. The predicted octanol–water partition coefficient (Wildman–Crippen LogP) is 2.24. The second-order valence-corrected chi connectivity index (χ2v) is 5.23. The molecule has 3 aromatic heterocycles. The number of aromatic nitrogens is 4. The van der Waals surface area contributed by atoms with E-state index in [0.29, 0.717) is 5.56 Å². The molecule has 0 saturated heterocycles. The Morgan fingerprint density at radius 3 is 3.07 bits per heavy atom. The highest BCUT2D eigenvalue weighted by Gasteiger charge is 2.10. The van der Waals surface area contributed by atoms with Gasteiger partial charge in [-0.1, -0.05) is 0 Å². The van der Waals surface area contributed by atoms with Crippen LogP contribution in [-0.4, -0.2) is 45.7 Å². The third kappa shape index (κ3) is 5.06. The molecule has 10 heteroatoms. The molecule has 1 amide bonds. The number of pyridine rings is 2. The summed E-state index contributed by atoms with van der Waals surface area (Å²) in [4.78, 5) is 27.7. The summed E-state index contributed by atoms with van der Waals surface area (Å²) in [6.45, 7) is -5.98. The Labute approximate surface area is 176 Å². The minimum absolute atomic E-state index is 0.174. The summed E-state index contributed by atoms with van der Waals surface area (Å²) in [7, 11) is -2.76. The van der Waals surface area contributed by atoms with Crippen molar-refractivity contribution in [1.82, 2.24) is 25.4 Å². The monoisotopic (exact) mass is 404 g/mol. The van der Waals surface area contributed by atoms with Gasteiger partial charge >= 0.3 is 0 Å². The number of hydrazone groups is 1. The maximum absolute atomic E-state index is 13.9. The molecule has 0 unspecified atom stereocenters. The molecule has 0 atom stereocenters. The summed E-state index contributed by atoms with van der Waals surface area (Å²) in [5, 5.41) is 3.61. The Kier molecular flexibility index (Phi) is 3.79. The van der Waals surface area contributed by atoms with Gasteiger partial charge in [0.1, 0.15) is 11.4 Å². The molecular formula is C19H17FN6O3. The first-order valence-electron chi connectivity index (χ1n) is 11.8. The number of nitrogens with one attached hydrogen (secondary N) is 1. The maximum atomic E-state index is 13.9. The van der Waals surface area contributed by atoms with Gasteiger partial charge in [-0.3, -0.25) is 9.78 Å². The molecule has 9 nitrogen and oxygen atoms in total. The van der Waals surface area contributed by atoms with Crippen molar-refractivity contribution in [3.63, 3.8) is 0 Å². The van der Waals surface area contributed by atoms with Crippen molar-refractivity contribution in [1.29, 1.82) is 0 Å². The number of ether oxygens (including phenoxy) is 2. The van der Waals surface area contributed by atoms with E-state index >= 15 is 0 Å². The molecule has 0 aromatic carbocycles. The zero-order valence-corrected chi connectivity index (χ0v) is 14.5. The lowest BCUT2D eigenvalue weighted by Gasteiger charge is -2.05. The van der Waals surface area contributed by atoms with Crippen molar-refractivity contribution in [2.45, 2.75) is 6.85 Å². The molecule has 0 spiro atoms. The van der Waals surface area contributed by atoms with Crippen LogP contribution >= 0.6 is 0 Å². The smallest absolute Gasteiger partial charge is 0.291 e. The van der Waals surface area contributed by atoms with Crippen LogP contribution in [0.2, 0.25) is 0 Å². The first-order chi connectivity index (χ1) is 17.1. The third-order valence-corrected chi connectivity index (χ3v) is 3.38. The SMILES string of the molecule is [2H]C([2H])([2H])Oc1cnc(F)c(/C=N/NC(=O)c2cncc(-c3ccc(OC([2H])([2H])C([2H])([2H])[2H])nc3)n2)c1. The lowest BCUT2D eigenvalue weighted by molar-refractivity contribution is 0.0950. The summed E-state index contributed by atoms with van der Waals surface area (Å²) in [6, 6.07) is 3.67. The minimum atomic E-state index is -3.03. The number of amides is 1. The van der Waals surface area contributed by atoms with Gasteiger partial charge in [-0.2, -0.15) is 9.49 Å². The normalized spacial score (nSPS) is 16.2. The number of methoxy groups -OCH3 is 1. The van der Waals surface area contributed by atoms with E-state index < -0.39 is 32.3 Å². The zero-order chi connectivity index (χ0) is 27.4. The Morgan fingerprint density at radius 2 is 2.28 bits per heavy atom. The first kappa shape index (κ1) is 11.8. The highest BCUT2D eigenvalue weighted by Crippen LogP contribution is 2.18. The largest absolute Gasteiger partial charge is 0.495 e. The van der Waals surface area contributed by atoms with Crippen LogP contribution < -0.4 is 14.9 Å². The van der Waals surface area contributed by atoms with Crippen LogP contribution in [0.5, 0.6) is 11.6 Å². The van der Waals surface area contributed by atoms with Crippen molar-refractivity contribution in [3.05, 3.63) is 60.2 Å². The molecule has 0 aliphatic rings. The fourth-order valence-electron chi connectivity index (χ4n) is 2.07. The van der Waals surface area contributed by atoms with E-state index in [4.69, 9.17) is 15.7 Å². The van der Waals surface area contributed by atoms with Crippen LogP contribution in [0.3, 0.4) is 0 Å². The summed E-state index contributed by atoms with van der Waals surface area (Å²) in [6.07, 6.45) is 5.45. The summed E-state index contributed by atoms with van der Waals surface area (Å²) in [5.41, 5.74) is 2.24. The van der Waals surface area contributed by atoms with Crippen molar-refractivity contribution in [2.24, 2.45) is 5.10 Å². The molecule has 1 N–H and O–H groups in total. The molecule has 29 heavy (non-hydrogen) atoms. The second-order valence-electron chi connectivity index (χ2n) is 5.23. The summed E-state index contributed by atoms with van der Waals surface area (Å²) < 4.78 is 81.0. The third-order valence-electron chi connectivity index (χ3n) is 3.38. The summed E-state index contributed by atoms with van der Waals surface area (Å²) >= 11 is 0. The zero-order valence-electron chi connectivity index (χ0n) is 22.5. The molecule has 148 valence electrons. The van der Waals surface area contributed by atoms with Gasteiger partial charge in [0, 0.05) is 21.9 Å². The summed E-state index contributed by atoms with van der Waals surface area (Å²) in [5.74, 6) is -2.30. The molecule has 0 saturated carbocycles. The maximum Gasteiger partial charge on any atom is 0.291 e. The van der Waals surface area contributed by atoms with Gasteiger partial charge in [0.2, 0.25) is 11.8 Å². The number of hydrogen-bond acceptors (Lipinski definition) is 8. The van der Waals surface area contributed by atoms with Crippen LogP contribution in [0.4, 0.5) is 4.39 Å². The molecule has 0 fully saturated rings. The van der Waals surface area contributed by atoms with Gasteiger partial charge in [-0.25, -0.2) is 20.4 Å². The predicted molar refractivity (Wildman–Crippen MR) is 102 cm³/mol. The number of rotatable bonds is 7. The quantitative estimate of drug-likeness (QED) is 0.365. The van der Waals surface area contributed by atoms with Gasteiger partial charge in [-0.05, 0) is 19.0 Å². The molecular weight excluding hydrogens is 379 g/mol. The van der Waals surface area contributed by atoms with Gasteiger partial charge in [0.25, 0.3) is 5.91 Å². The van der Waals surface area contributed by atoms with Gasteiger partial charge in [-0.15, -0.1) is 0 Å². The second kappa shape index (κ2) is 9.31. The van der Waals surface area contributed by atoms with Gasteiger partial charge < -0.3 is 9.47 Å². The van der Waals surface area contributed by atoms with E-state index in [1.165, 1.54) is 24.5 Å². The minimum Gasteiger partial charge on any atom is -0.495 e. The van der Waals surface area contributed by atoms with Crippen LogP contribution in [-0.2, 0) is 0 Å². The van der Waals surface area contributed by atoms with E-state index in [1.807, 2.05) is 0 Å². The highest BCUT2D eigenvalue weighted by atomic mass is 19.1. The Hall–Kier alpha value is -3.95. The van der Waals surface area contributed by atoms with Gasteiger partial charge in [0.05, 0.1) is 56.5 Å². The van der Waals surface area contributed by atoms with E-state index in [9.17, 15) is 9.18 Å². The van der Waals surface area contributed by atoms with Crippen LogP contribution in [0, 0.1) is 5.95 Å². The number of nitrogens with zero attached hydrogens (tertiary/aromatic N) is 5. The fourth-order valence-corrected chi connectivity index (χ4v) is 2.07. The molecule has 0 aliphatic carbocycles. The highest BCUT2D eigenvalue weighted by molar-refractivity contribution is 5.93. The molecule has 3 rings (SSSR count). The number of carbonyl (C=O) groups is 1. The van der Waals surface area contributed by atoms with E-state index in [-0.39, 0.29) is 28.6 Å². The van der Waals surface area contributed by atoms with Crippen LogP contribution in [0.1, 0.15) is 33.9 Å². The topological polar surface area (TPSA) is 111 Å². The van der Waals surface area contributed by atoms with E-state index in [1.54, 1.807) is 0 Å². The van der Waals surface area contributed by atoms with Crippen molar-refractivity contribution >= 4 is 12.1 Å². The average Bonchev–Trinajstić information content (AvgIpc) is 2.79. The van der Waals surface area contributed by atoms with Crippen LogP contribution in [0.25, 0.3) is 11.3 Å². The van der Waals surface area contributed by atoms with Crippen LogP contribution in [0.15, 0.2) is 48.1 Å². The number of halogens is 1. The Morgan fingerprint density at radius 1 is 1.34 bits per heavy atom. The lowest BCUT2D eigenvalue weighted by Crippen LogP contribution is -2.19. The Bertz CT molecular complexity index is 1300. The Balaban J connectivity index is 1.69. The standard InChI is InChI=1S/C19H17FN6O3/c1-3-29-17-5-4-12(7-22-17)15-10-21-11-16(25-15)19(27)26-24-8-13-6-14(28-2)9-23-18(13)20/h4-11H,3H2,1-2H3,(H,26,27)/b24-8+/i1D3,2D3,3D2. The van der Waals surface area contributed by atoms with E-state index in [2.05, 4.69) is 35.2 Å². The molecule has 3 heterocycles. The van der Waals surface area contributed by atoms with Crippen molar-refractivity contribution in [3.8, 4) is 22.9 Å². The fraction of sp³-hybridized carbons (Fsp3) is 0.158. The van der Waals surface area contributed by atoms with E-state index in [0.717, 1.165) is 24.7 Å². The van der Waals surface area contributed by atoms with Gasteiger partial charge in [0.15, 0.2) is 0 Å². The number of carbonyl (C=O) groups excluding carboxylic acids is 1. The molecule has 0 aliphatic heterocycles. The molecule has 0 radical (unpaired) electrons.